The predicted molar refractivity (Wildman–Crippen MR) is 104 cm³/mol. The molecule has 119 valence electrons. The van der Waals surface area contributed by atoms with Crippen molar-refractivity contribution in [2.75, 3.05) is 0 Å². The molecule has 0 radical (unpaired) electrons. The van der Waals surface area contributed by atoms with Gasteiger partial charge in [-0.25, -0.2) is 0 Å². The van der Waals surface area contributed by atoms with Crippen molar-refractivity contribution in [1.82, 2.24) is 0 Å². The van der Waals surface area contributed by atoms with Gasteiger partial charge in [0.2, 0.25) is 0 Å². The average molecular weight is 584 g/mol. The molecular formula is C21H21AsClHg. The van der Waals surface area contributed by atoms with Gasteiger partial charge in [0.15, 0.2) is 0 Å². The second kappa shape index (κ2) is 9.80. The first-order valence-corrected chi connectivity index (χ1v) is 17.5. The molecule has 3 aromatic carbocycles. The van der Waals surface area contributed by atoms with E-state index in [0.717, 1.165) is 0 Å². The summed E-state index contributed by atoms with van der Waals surface area (Å²) in [5.41, 5.74) is 3.97. The molecule has 0 aromatic heterocycles. The fourth-order valence-corrected chi connectivity index (χ4v) is 7.22. The summed E-state index contributed by atoms with van der Waals surface area (Å²) in [6, 6.07) is 27.3. The van der Waals surface area contributed by atoms with E-state index in [1.54, 1.807) is 0 Å². The standard InChI is InChI=1S/C21H21As.ClH.Hg/c1-16-4-10-19(11-5-16)22(20-12-6-17(2)7-13-20)21-14-8-18(3)9-15-21;;/h4-15H,1-3H3;1H;/q;;+1/p-1. The summed E-state index contributed by atoms with van der Waals surface area (Å²) in [6.07, 6.45) is 0. The molecule has 3 heteroatoms. The topological polar surface area (TPSA) is 0 Å². The molecule has 24 heavy (non-hydrogen) atoms. The van der Waals surface area contributed by atoms with Crippen molar-refractivity contribution in [3.8, 4) is 0 Å². The number of aryl methyl sites for hydroxylation is 3. The number of benzene rings is 3. The van der Waals surface area contributed by atoms with Gasteiger partial charge < -0.3 is 0 Å². The van der Waals surface area contributed by atoms with Crippen LogP contribution >= 0.6 is 8.25 Å². The molecule has 3 aromatic rings. The van der Waals surface area contributed by atoms with E-state index in [0.29, 0.717) is 24.9 Å². The minimum absolute atomic E-state index is 0.500. The molecular weight excluding hydrogens is 563 g/mol. The number of hydrogen-bond acceptors (Lipinski definition) is 0. The molecule has 0 saturated carbocycles. The quantitative estimate of drug-likeness (QED) is 0.411. The van der Waals surface area contributed by atoms with E-state index in [-0.39, 0.29) is 0 Å². The zero-order valence-corrected chi connectivity index (χ0v) is 22.6. The van der Waals surface area contributed by atoms with Gasteiger partial charge >= 0.3 is 171 Å². The Morgan fingerprint density at radius 3 is 0.917 bits per heavy atom. The molecule has 0 spiro atoms. The third-order valence-electron chi connectivity index (χ3n) is 3.88. The van der Waals surface area contributed by atoms with Gasteiger partial charge in [0.25, 0.3) is 0 Å². The third-order valence-corrected chi connectivity index (χ3v) is 9.00. The molecule has 3 rings (SSSR count). The Bertz CT molecular complexity index is 641. The molecule has 0 bridgehead atoms. The SMILES string of the molecule is Cc1ccc([As](c2ccc(C)cc2)c2ccc(C)cc2)cc1.[Cl][Hg]. The Kier molecular flexibility index (Phi) is 8.07. The van der Waals surface area contributed by atoms with Crippen LogP contribution < -0.4 is 13.1 Å². The van der Waals surface area contributed by atoms with Crippen molar-refractivity contribution in [3.05, 3.63) is 89.5 Å². The van der Waals surface area contributed by atoms with Crippen molar-refractivity contribution in [3.63, 3.8) is 0 Å². The average Bonchev–Trinajstić information content (AvgIpc) is 2.62. The Morgan fingerprint density at radius 1 is 0.500 bits per heavy atom. The van der Waals surface area contributed by atoms with E-state index in [4.69, 9.17) is 8.25 Å². The molecule has 0 atom stereocenters. The summed E-state index contributed by atoms with van der Waals surface area (Å²) in [4.78, 5) is 0. The summed E-state index contributed by atoms with van der Waals surface area (Å²) < 4.78 is 4.47. The normalized spacial score (nSPS) is 10.3. The van der Waals surface area contributed by atoms with Crippen molar-refractivity contribution >= 4 is 36.0 Å². The van der Waals surface area contributed by atoms with E-state index >= 15 is 0 Å². The van der Waals surface area contributed by atoms with Gasteiger partial charge in [0.05, 0.1) is 0 Å². The van der Waals surface area contributed by atoms with Crippen LogP contribution in [0, 0.1) is 20.8 Å². The van der Waals surface area contributed by atoms with Gasteiger partial charge in [0, 0.05) is 0 Å². The summed E-state index contributed by atoms with van der Waals surface area (Å²) in [5.74, 6) is 0. The molecule has 0 heterocycles. The molecule has 0 aliphatic carbocycles. The monoisotopic (exact) mass is 585 g/mol. The number of halogens is 1. The second-order valence-electron chi connectivity index (χ2n) is 5.84. The van der Waals surface area contributed by atoms with Gasteiger partial charge in [-0.05, 0) is 0 Å². The maximum atomic E-state index is 4.83. The second-order valence-corrected chi connectivity index (χ2v) is 10.5. The number of hydrogen-bond donors (Lipinski definition) is 0. The molecule has 0 unspecified atom stereocenters. The molecule has 0 saturated heterocycles. The van der Waals surface area contributed by atoms with Crippen LogP contribution in [0.2, 0.25) is 0 Å². The van der Waals surface area contributed by atoms with Crippen LogP contribution in [-0.2, 0) is 24.9 Å². The first kappa shape index (κ1) is 19.8. The van der Waals surface area contributed by atoms with Crippen LogP contribution in [0.1, 0.15) is 16.7 Å². The fraction of sp³-hybridized carbons (Fsp3) is 0.143. The summed E-state index contributed by atoms with van der Waals surface area (Å²) >= 11 is -0.954. The molecule has 0 fully saturated rings. The van der Waals surface area contributed by atoms with Gasteiger partial charge in [0.1, 0.15) is 0 Å². The first-order chi connectivity index (χ1) is 11.6. The van der Waals surface area contributed by atoms with E-state index in [2.05, 4.69) is 93.6 Å². The molecule has 0 aliphatic heterocycles. The van der Waals surface area contributed by atoms with Gasteiger partial charge in [-0.1, -0.05) is 0 Å². The zero-order valence-electron chi connectivity index (χ0n) is 14.5. The Balaban J connectivity index is 0.00000100. The molecule has 0 amide bonds. The van der Waals surface area contributed by atoms with E-state index in [9.17, 15) is 0 Å². The minimum atomic E-state index is -1.45. The van der Waals surface area contributed by atoms with E-state index < -0.39 is 14.7 Å². The van der Waals surface area contributed by atoms with Crippen molar-refractivity contribution in [2.24, 2.45) is 0 Å². The van der Waals surface area contributed by atoms with Crippen molar-refractivity contribution in [2.45, 2.75) is 20.8 Å². The van der Waals surface area contributed by atoms with Gasteiger partial charge in [-0.15, -0.1) is 0 Å². The fourth-order valence-electron chi connectivity index (χ4n) is 2.53. The van der Waals surface area contributed by atoms with E-state index in [1.807, 2.05) is 0 Å². The predicted octanol–water partition coefficient (Wildman–Crippen LogP) is 3.82. The van der Waals surface area contributed by atoms with Gasteiger partial charge in [-0.2, -0.15) is 0 Å². The Labute approximate surface area is 169 Å². The third kappa shape index (κ3) is 5.22. The molecule has 0 nitrogen and oxygen atoms in total. The summed E-state index contributed by atoms with van der Waals surface area (Å²) in [5, 5.41) is 0. The Morgan fingerprint density at radius 2 is 0.708 bits per heavy atom. The van der Waals surface area contributed by atoms with Crippen molar-refractivity contribution in [1.29, 1.82) is 0 Å². The summed E-state index contributed by atoms with van der Waals surface area (Å²) in [7, 11) is 4.83. The first-order valence-electron chi connectivity index (χ1n) is 7.90. The zero-order chi connectivity index (χ0) is 17.5. The van der Waals surface area contributed by atoms with Crippen LogP contribution in [0.3, 0.4) is 0 Å². The molecule has 0 N–H and O–H groups in total. The number of rotatable bonds is 3. The van der Waals surface area contributed by atoms with Crippen molar-refractivity contribution < 1.29 is 24.9 Å². The van der Waals surface area contributed by atoms with Crippen LogP contribution in [0.25, 0.3) is 0 Å². The van der Waals surface area contributed by atoms with Crippen LogP contribution in [0.15, 0.2) is 72.8 Å². The van der Waals surface area contributed by atoms with Gasteiger partial charge in [-0.3, -0.25) is 0 Å². The maximum absolute atomic E-state index is 4.83. The Hall–Kier alpha value is -0.556. The van der Waals surface area contributed by atoms with Crippen LogP contribution in [0.4, 0.5) is 0 Å². The van der Waals surface area contributed by atoms with Crippen LogP contribution in [-0.4, -0.2) is 14.7 Å². The van der Waals surface area contributed by atoms with Crippen LogP contribution in [0.5, 0.6) is 0 Å². The van der Waals surface area contributed by atoms with E-state index in [1.165, 1.54) is 29.7 Å². The molecule has 0 aliphatic rings. The summed E-state index contributed by atoms with van der Waals surface area (Å²) in [6.45, 7) is 6.45.